The maximum absolute atomic E-state index is 12.4. The zero-order valence-corrected chi connectivity index (χ0v) is 13.5. The lowest BCUT2D eigenvalue weighted by molar-refractivity contribution is -0.121. The normalized spacial score (nSPS) is 20.3. The average molecular weight is 330 g/mol. The van der Waals surface area contributed by atoms with Gasteiger partial charge in [-0.25, -0.2) is 4.79 Å². The van der Waals surface area contributed by atoms with E-state index in [1.54, 1.807) is 29.2 Å². The predicted molar refractivity (Wildman–Crippen MR) is 89.4 cm³/mol. The minimum absolute atomic E-state index is 0.0687. The van der Waals surface area contributed by atoms with Gasteiger partial charge in [-0.05, 0) is 49.9 Å². The Balaban J connectivity index is 1.55. The number of piperidine rings is 1. The van der Waals surface area contributed by atoms with Crippen molar-refractivity contribution in [2.24, 2.45) is 11.7 Å². The number of rotatable bonds is 4. The zero-order chi connectivity index (χ0) is 17.1. The third-order valence-corrected chi connectivity index (χ3v) is 4.42. The summed E-state index contributed by atoms with van der Waals surface area (Å²) in [6.45, 7) is 1.12. The number of primary amides is 1. The van der Waals surface area contributed by atoms with Crippen LogP contribution in [-0.4, -0.2) is 41.9 Å². The minimum atomic E-state index is -0.502. The van der Waals surface area contributed by atoms with E-state index in [0.29, 0.717) is 30.4 Å². The number of carbonyl (C=O) groups is 3. The predicted octanol–water partition coefficient (Wildman–Crippen LogP) is 1.31. The van der Waals surface area contributed by atoms with Crippen molar-refractivity contribution < 1.29 is 14.4 Å². The van der Waals surface area contributed by atoms with E-state index in [9.17, 15) is 14.4 Å². The van der Waals surface area contributed by atoms with Gasteiger partial charge in [0.1, 0.15) is 0 Å². The summed E-state index contributed by atoms with van der Waals surface area (Å²) in [4.78, 5) is 37.3. The van der Waals surface area contributed by atoms with Crippen LogP contribution in [0.4, 0.5) is 10.5 Å². The van der Waals surface area contributed by atoms with Crippen LogP contribution in [0, 0.1) is 5.92 Å². The Hall–Kier alpha value is -2.57. The molecule has 4 N–H and O–H groups in total. The molecular formula is C17H22N4O3. The third kappa shape index (κ3) is 4.04. The summed E-state index contributed by atoms with van der Waals surface area (Å²) in [7, 11) is 0. The lowest BCUT2D eigenvalue weighted by Gasteiger charge is -2.32. The summed E-state index contributed by atoms with van der Waals surface area (Å²) >= 11 is 0. The van der Waals surface area contributed by atoms with Crippen LogP contribution in [0.2, 0.25) is 0 Å². The van der Waals surface area contributed by atoms with Crippen LogP contribution < -0.4 is 16.4 Å². The molecule has 1 saturated heterocycles. The van der Waals surface area contributed by atoms with E-state index in [4.69, 9.17) is 5.73 Å². The van der Waals surface area contributed by atoms with Gasteiger partial charge in [0, 0.05) is 30.4 Å². The number of nitrogens with zero attached hydrogens (tertiary/aromatic N) is 1. The fourth-order valence-corrected chi connectivity index (χ4v) is 2.83. The lowest BCUT2D eigenvalue weighted by atomic mass is 9.97. The Kier molecular flexibility index (Phi) is 4.69. The first kappa shape index (κ1) is 16.3. The molecule has 4 amide bonds. The molecule has 0 spiro atoms. The molecule has 1 heterocycles. The van der Waals surface area contributed by atoms with Crippen molar-refractivity contribution in [2.75, 3.05) is 18.4 Å². The van der Waals surface area contributed by atoms with Gasteiger partial charge in [0.25, 0.3) is 0 Å². The second-order valence-electron chi connectivity index (χ2n) is 6.44. The van der Waals surface area contributed by atoms with Crippen molar-refractivity contribution in [1.29, 1.82) is 0 Å². The number of urea groups is 1. The molecule has 2 fully saturated rings. The Morgan fingerprint density at radius 2 is 1.79 bits per heavy atom. The Labute approximate surface area is 140 Å². The third-order valence-electron chi connectivity index (χ3n) is 4.42. The first-order valence-electron chi connectivity index (χ1n) is 8.29. The highest BCUT2D eigenvalue weighted by Gasteiger charge is 2.31. The Morgan fingerprint density at radius 3 is 2.42 bits per heavy atom. The Bertz CT molecular complexity index is 640. The summed E-state index contributed by atoms with van der Waals surface area (Å²) in [5, 5.41) is 5.80. The monoisotopic (exact) mass is 330 g/mol. The van der Waals surface area contributed by atoms with Crippen molar-refractivity contribution in [1.82, 2.24) is 10.2 Å². The van der Waals surface area contributed by atoms with Gasteiger partial charge in [0.05, 0.1) is 5.92 Å². The van der Waals surface area contributed by atoms with E-state index < -0.39 is 5.91 Å². The second kappa shape index (κ2) is 6.90. The number of nitrogens with two attached hydrogens (primary N) is 1. The van der Waals surface area contributed by atoms with E-state index in [2.05, 4.69) is 10.6 Å². The van der Waals surface area contributed by atoms with E-state index in [1.807, 2.05) is 0 Å². The van der Waals surface area contributed by atoms with Gasteiger partial charge in [-0.2, -0.15) is 0 Å². The second-order valence-corrected chi connectivity index (χ2v) is 6.44. The highest BCUT2D eigenvalue weighted by molar-refractivity contribution is 5.95. The maximum atomic E-state index is 12.4. The number of hydrogen-bond acceptors (Lipinski definition) is 3. The van der Waals surface area contributed by atoms with Crippen molar-refractivity contribution in [3.63, 3.8) is 0 Å². The molecular weight excluding hydrogens is 308 g/mol. The SMILES string of the molecule is NC(=O)c1ccc(NC(=O)C2CCCN(C(=O)NC3CC3)C2)cc1. The first-order chi connectivity index (χ1) is 11.5. The summed E-state index contributed by atoms with van der Waals surface area (Å²) < 4.78 is 0. The van der Waals surface area contributed by atoms with Crippen LogP contribution in [-0.2, 0) is 4.79 Å². The molecule has 7 nitrogen and oxygen atoms in total. The van der Waals surface area contributed by atoms with E-state index >= 15 is 0 Å². The molecule has 1 unspecified atom stereocenters. The number of likely N-dealkylation sites (tertiary alicyclic amines) is 1. The van der Waals surface area contributed by atoms with Crippen molar-refractivity contribution in [2.45, 2.75) is 31.7 Å². The molecule has 1 aromatic rings. The van der Waals surface area contributed by atoms with Gasteiger partial charge in [-0.15, -0.1) is 0 Å². The minimum Gasteiger partial charge on any atom is -0.366 e. The standard InChI is InChI=1S/C17H22N4O3/c18-15(22)11-3-5-13(6-4-11)19-16(23)12-2-1-9-21(10-12)17(24)20-14-7-8-14/h3-6,12,14H,1-2,7-10H2,(H2,18,22)(H,19,23)(H,20,24). The molecule has 1 atom stereocenters. The number of nitrogens with one attached hydrogen (secondary N) is 2. The number of benzene rings is 1. The zero-order valence-electron chi connectivity index (χ0n) is 13.5. The van der Waals surface area contributed by atoms with Gasteiger partial charge in [-0.1, -0.05) is 0 Å². The van der Waals surface area contributed by atoms with Crippen LogP contribution >= 0.6 is 0 Å². The van der Waals surface area contributed by atoms with E-state index in [1.165, 1.54) is 0 Å². The van der Waals surface area contributed by atoms with Crippen LogP contribution in [0.3, 0.4) is 0 Å². The molecule has 2 aliphatic rings. The number of anilines is 1. The van der Waals surface area contributed by atoms with Crippen molar-refractivity contribution >= 4 is 23.5 Å². The topological polar surface area (TPSA) is 105 Å². The molecule has 1 saturated carbocycles. The molecule has 7 heteroatoms. The molecule has 3 rings (SSSR count). The van der Waals surface area contributed by atoms with Gasteiger partial charge >= 0.3 is 6.03 Å². The van der Waals surface area contributed by atoms with Crippen LogP contribution in [0.25, 0.3) is 0 Å². The number of amides is 4. The number of carbonyl (C=O) groups excluding carboxylic acids is 3. The van der Waals surface area contributed by atoms with Crippen molar-refractivity contribution in [3.8, 4) is 0 Å². The van der Waals surface area contributed by atoms with Crippen LogP contribution in [0.15, 0.2) is 24.3 Å². The Morgan fingerprint density at radius 1 is 1.08 bits per heavy atom. The molecule has 0 aromatic heterocycles. The summed E-state index contributed by atoms with van der Waals surface area (Å²) in [6, 6.07) is 6.70. The van der Waals surface area contributed by atoms with E-state index in [0.717, 1.165) is 25.7 Å². The molecule has 0 bridgehead atoms. The summed E-state index contributed by atoms with van der Waals surface area (Å²) in [5.74, 6) is -0.831. The molecule has 24 heavy (non-hydrogen) atoms. The fourth-order valence-electron chi connectivity index (χ4n) is 2.83. The first-order valence-corrected chi connectivity index (χ1v) is 8.29. The molecule has 1 aromatic carbocycles. The van der Waals surface area contributed by atoms with Gasteiger partial charge in [-0.3, -0.25) is 9.59 Å². The molecule has 1 aliphatic heterocycles. The van der Waals surface area contributed by atoms with Gasteiger partial charge in [0.2, 0.25) is 11.8 Å². The fraction of sp³-hybridized carbons (Fsp3) is 0.471. The number of hydrogen-bond donors (Lipinski definition) is 3. The van der Waals surface area contributed by atoms with Crippen LogP contribution in [0.1, 0.15) is 36.0 Å². The van der Waals surface area contributed by atoms with Crippen LogP contribution in [0.5, 0.6) is 0 Å². The average Bonchev–Trinajstić information content (AvgIpc) is 3.39. The van der Waals surface area contributed by atoms with E-state index in [-0.39, 0.29) is 17.9 Å². The summed E-state index contributed by atoms with van der Waals surface area (Å²) in [6.07, 6.45) is 3.67. The molecule has 0 radical (unpaired) electrons. The smallest absolute Gasteiger partial charge is 0.317 e. The maximum Gasteiger partial charge on any atom is 0.317 e. The quantitative estimate of drug-likeness (QED) is 0.775. The largest absolute Gasteiger partial charge is 0.366 e. The lowest BCUT2D eigenvalue weighted by Crippen LogP contribution is -2.48. The highest BCUT2D eigenvalue weighted by Crippen LogP contribution is 2.22. The summed E-state index contributed by atoms with van der Waals surface area (Å²) in [5.41, 5.74) is 6.21. The molecule has 128 valence electrons. The van der Waals surface area contributed by atoms with Gasteiger partial charge < -0.3 is 21.3 Å². The van der Waals surface area contributed by atoms with Crippen molar-refractivity contribution in [3.05, 3.63) is 29.8 Å². The highest BCUT2D eigenvalue weighted by atomic mass is 16.2. The molecule has 1 aliphatic carbocycles. The van der Waals surface area contributed by atoms with Gasteiger partial charge in [0.15, 0.2) is 0 Å².